The van der Waals surface area contributed by atoms with E-state index in [1.807, 2.05) is 11.4 Å². The number of nitrogens with one attached hydrogen (secondary N) is 1. The van der Waals surface area contributed by atoms with Gasteiger partial charge in [0.15, 0.2) is 0 Å². The predicted molar refractivity (Wildman–Crippen MR) is 80.4 cm³/mol. The smallest absolute Gasteiger partial charge is 0.272 e. The zero-order chi connectivity index (χ0) is 13.8. The van der Waals surface area contributed by atoms with Crippen molar-refractivity contribution in [1.29, 1.82) is 0 Å². The van der Waals surface area contributed by atoms with Gasteiger partial charge in [0.25, 0.3) is 5.69 Å². The van der Waals surface area contributed by atoms with E-state index in [1.165, 1.54) is 10.9 Å². The number of nitrogens with zero attached hydrogens (tertiary/aromatic N) is 1. The van der Waals surface area contributed by atoms with Gasteiger partial charge in [-0.2, -0.15) is 0 Å². The van der Waals surface area contributed by atoms with E-state index in [-0.39, 0.29) is 10.6 Å². The average molecular weight is 341 g/mol. The Morgan fingerprint density at radius 1 is 1.42 bits per heavy atom. The van der Waals surface area contributed by atoms with Crippen LogP contribution >= 0.6 is 27.3 Å². The molecule has 1 heterocycles. The minimum atomic E-state index is -0.338. The maximum Gasteiger partial charge on any atom is 0.272 e. The SMILES string of the molecule is Cc1c(CNCc2cc(Br)cs2)cccc1[N+](=O)[O-]. The molecule has 0 aliphatic carbocycles. The van der Waals surface area contributed by atoms with Crippen molar-refractivity contribution in [2.75, 3.05) is 0 Å². The summed E-state index contributed by atoms with van der Waals surface area (Å²) in [5.41, 5.74) is 1.87. The zero-order valence-electron chi connectivity index (χ0n) is 10.4. The van der Waals surface area contributed by atoms with Gasteiger partial charge in [-0.15, -0.1) is 11.3 Å². The van der Waals surface area contributed by atoms with Crippen LogP contribution in [0.15, 0.2) is 34.1 Å². The van der Waals surface area contributed by atoms with Crippen LogP contribution in [-0.4, -0.2) is 4.92 Å². The summed E-state index contributed by atoms with van der Waals surface area (Å²) in [5, 5.41) is 16.2. The van der Waals surface area contributed by atoms with Crippen LogP contribution in [0.1, 0.15) is 16.0 Å². The van der Waals surface area contributed by atoms with Gasteiger partial charge < -0.3 is 5.32 Å². The van der Waals surface area contributed by atoms with Gasteiger partial charge in [0, 0.05) is 39.4 Å². The second-order valence-corrected chi connectivity index (χ2v) is 6.06. The van der Waals surface area contributed by atoms with E-state index in [0.29, 0.717) is 6.54 Å². The number of hydrogen-bond donors (Lipinski definition) is 1. The molecule has 0 saturated carbocycles. The van der Waals surface area contributed by atoms with E-state index < -0.39 is 0 Å². The normalized spacial score (nSPS) is 10.6. The van der Waals surface area contributed by atoms with Crippen molar-refractivity contribution >= 4 is 33.0 Å². The third kappa shape index (κ3) is 3.62. The third-order valence-electron chi connectivity index (χ3n) is 2.85. The van der Waals surface area contributed by atoms with Gasteiger partial charge in [-0.1, -0.05) is 12.1 Å². The minimum absolute atomic E-state index is 0.179. The lowest BCUT2D eigenvalue weighted by atomic mass is 10.1. The number of nitro benzene ring substituents is 1. The summed E-state index contributed by atoms with van der Waals surface area (Å²) in [7, 11) is 0. The molecule has 4 nitrogen and oxygen atoms in total. The lowest BCUT2D eigenvalue weighted by Crippen LogP contribution is -2.13. The van der Waals surface area contributed by atoms with Crippen molar-refractivity contribution in [2.24, 2.45) is 0 Å². The Morgan fingerprint density at radius 2 is 2.21 bits per heavy atom. The standard InChI is InChI=1S/C13H13BrN2O2S/c1-9-10(3-2-4-13(9)16(17)18)6-15-7-12-5-11(14)8-19-12/h2-5,8,15H,6-7H2,1H3. The number of nitro groups is 1. The van der Waals surface area contributed by atoms with Gasteiger partial charge in [0.2, 0.25) is 0 Å². The first-order valence-electron chi connectivity index (χ1n) is 5.74. The van der Waals surface area contributed by atoms with Crippen LogP contribution in [0.4, 0.5) is 5.69 Å². The summed E-state index contributed by atoms with van der Waals surface area (Å²) in [6.07, 6.45) is 0. The van der Waals surface area contributed by atoms with Crippen molar-refractivity contribution in [2.45, 2.75) is 20.0 Å². The number of halogens is 1. The van der Waals surface area contributed by atoms with Crippen molar-refractivity contribution in [1.82, 2.24) is 5.32 Å². The van der Waals surface area contributed by atoms with Crippen molar-refractivity contribution < 1.29 is 4.92 Å². The second-order valence-electron chi connectivity index (χ2n) is 4.15. The van der Waals surface area contributed by atoms with E-state index in [0.717, 1.165) is 22.1 Å². The molecule has 0 radical (unpaired) electrons. The first-order valence-corrected chi connectivity index (χ1v) is 7.41. The maximum atomic E-state index is 10.9. The molecule has 1 aromatic heterocycles. The number of thiophene rings is 1. The molecule has 2 aromatic rings. The van der Waals surface area contributed by atoms with Crippen LogP contribution in [0.5, 0.6) is 0 Å². The van der Waals surface area contributed by atoms with Gasteiger partial charge in [-0.05, 0) is 34.5 Å². The molecule has 2 rings (SSSR count). The molecule has 0 aliphatic heterocycles. The summed E-state index contributed by atoms with van der Waals surface area (Å²) in [6, 6.07) is 7.25. The Bertz CT molecular complexity index is 598. The molecule has 1 aromatic carbocycles. The topological polar surface area (TPSA) is 55.2 Å². The molecule has 0 fully saturated rings. The maximum absolute atomic E-state index is 10.9. The van der Waals surface area contributed by atoms with Gasteiger partial charge in [-0.25, -0.2) is 0 Å². The van der Waals surface area contributed by atoms with Crippen LogP contribution in [-0.2, 0) is 13.1 Å². The fraction of sp³-hybridized carbons (Fsp3) is 0.231. The first kappa shape index (κ1) is 14.2. The molecular weight excluding hydrogens is 328 g/mol. The quantitative estimate of drug-likeness (QED) is 0.660. The molecule has 6 heteroatoms. The largest absolute Gasteiger partial charge is 0.308 e. The third-order valence-corrected chi connectivity index (χ3v) is 4.55. The van der Waals surface area contributed by atoms with Crippen LogP contribution < -0.4 is 5.32 Å². The Balaban J connectivity index is 2.00. The summed E-state index contributed by atoms with van der Waals surface area (Å²) in [5.74, 6) is 0. The molecule has 0 aliphatic rings. The Hall–Kier alpha value is -1.24. The molecule has 19 heavy (non-hydrogen) atoms. The highest BCUT2D eigenvalue weighted by Gasteiger charge is 2.12. The zero-order valence-corrected chi connectivity index (χ0v) is 12.8. The molecule has 0 saturated heterocycles. The van der Waals surface area contributed by atoms with Crippen LogP contribution in [0, 0.1) is 17.0 Å². The number of rotatable bonds is 5. The molecule has 0 spiro atoms. The fourth-order valence-electron chi connectivity index (χ4n) is 1.83. The highest BCUT2D eigenvalue weighted by Crippen LogP contribution is 2.22. The van der Waals surface area contributed by atoms with Gasteiger partial charge in [0.05, 0.1) is 4.92 Å². The fourth-order valence-corrected chi connectivity index (χ4v) is 3.25. The summed E-state index contributed by atoms with van der Waals surface area (Å²) < 4.78 is 1.08. The van der Waals surface area contributed by atoms with E-state index in [4.69, 9.17) is 0 Å². The predicted octanol–water partition coefficient (Wildman–Crippen LogP) is 4.02. The van der Waals surface area contributed by atoms with Gasteiger partial charge >= 0.3 is 0 Å². The van der Waals surface area contributed by atoms with Crippen molar-refractivity contribution in [3.63, 3.8) is 0 Å². The van der Waals surface area contributed by atoms with Crippen LogP contribution in [0.2, 0.25) is 0 Å². The second kappa shape index (κ2) is 6.27. The Labute approximate surface area is 123 Å². The molecule has 1 N–H and O–H groups in total. The van der Waals surface area contributed by atoms with Crippen LogP contribution in [0.3, 0.4) is 0 Å². The number of hydrogen-bond acceptors (Lipinski definition) is 4. The van der Waals surface area contributed by atoms with Crippen molar-refractivity contribution in [3.8, 4) is 0 Å². The molecule has 0 bridgehead atoms. The summed E-state index contributed by atoms with van der Waals surface area (Å²) in [4.78, 5) is 11.7. The van der Waals surface area contributed by atoms with Crippen LogP contribution in [0.25, 0.3) is 0 Å². The lowest BCUT2D eigenvalue weighted by Gasteiger charge is -2.07. The van der Waals surface area contributed by atoms with E-state index >= 15 is 0 Å². The molecule has 100 valence electrons. The molecule has 0 atom stereocenters. The summed E-state index contributed by atoms with van der Waals surface area (Å²) in [6.45, 7) is 3.18. The average Bonchev–Trinajstić information content (AvgIpc) is 2.77. The molecule has 0 amide bonds. The lowest BCUT2D eigenvalue weighted by molar-refractivity contribution is -0.385. The Kier molecular flexibility index (Phi) is 4.68. The van der Waals surface area contributed by atoms with E-state index in [1.54, 1.807) is 24.3 Å². The summed E-state index contributed by atoms with van der Waals surface area (Å²) >= 11 is 5.09. The van der Waals surface area contributed by atoms with Gasteiger partial charge in [0.1, 0.15) is 0 Å². The highest BCUT2D eigenvalue weighted by molar-refractivity contribution is 9.10. The minimum Gasteiger partial charge on any atom is -0.308 e. The number of benzene rings is 1. The molecular formula is C13H13BrN2O2S. The van der Waals surface area contributed by atoms with Crippen molar-refractivity contribution in [3.05, 3.63) is 60.2 Å². The van der Waals surface area contributed by atoms with E-state index in [9.17, 15) is 10.1 Å². The first-order chi connectivity index (χ1) is 9.08. The van der Waals surface area contributed by atoms with Gasteiger partial charge in [-0.3, -0.25) is 10.1 Å². The monoisotopic (exact) mass is 340 g/mol. The Morgan fingerprint density at radius 3 is 2.84 bits per heavy atom. The highest BCUT2D eigenvalue weighted by atomic mass is 79.9. The molecule has 0 unspecified atom stereocenters. The van der Waals surface area contributed by atoms with E-state index in [2.05, 4.69) is 27.3 Å².